The Hall–Kier alpha value is -1.05. The molecule has 0 N–H and O–H groups in total. The van der Waals surface area contributed by atoms with Crippen LogP contribution in [0.3, 0.4) is 0 Å². The number of fused-ring (bicyclic) bond motifs is 1. The molecule has 13 heavy (non-hydrogen) atoms. The first-order chi connectivity index (χ1) is 6.18. The molecule has 0 saturated carbocycles. The summed E-state index contributed by atoms with van der Waals surface area (Å²) < 4.78 is 18.7. The van der Waals surface area contributed by atoms with E-state index in [0.717, 1.165) is 23.3 Å². The second kappa shape index (κ2) is 3.02. The van der Waals surface area contributed by atoms with Gasteiger partial charge in [0, 0.05) is 12.5 Å². The van der Waals surface area contributed by atoms with Gasteiger partial charge in [0.2, 0.25) is 0 Å². The molecule has 1 aromatic rings. The van der Waals surface area contributed by atoms with Gasteiger partial charge in [-0.1, -0.05) is 13.8 Å². The number of rotatable bonds is 1. The third-order valence-corrected chi connectivity index (χ3v) is 2.43. The molecular formula is C11H13FO. The molecule has 1 aliphatic rings. The van der Waals surface area contributed by atoms with E-state index in [1.807, 2.05) is 19.9 Å². The topological polar surface area (TPSA) is 9.23 Å². The van der Waals surface area contributed by atoms with Crippen molar-refractivity contribution in [2.45, 2.75) is 26.2 Å². The Morgan fingerprint density at radius 3 is 2.85 bits per heavy atom. The van der Waals surface area contributed by atoms with Crippen LogP contribution in [0.2, 0.25) is 0 Å². The molecule has 2 rings (SSSR count). The highest BCUT2D eigenvalue weighted by atomic mass is 19.1. The van der Waals surface area contributed by atoms with E-state index in [1.54, 1.807) is 0 Å². The molecule has 0 unspecified atom stereocenters. The molecule has 1 heterocycles. The first kappa shape index (κ1) is 8.54. The molecule has 70 valence electrons. The van der Waals surface area contributed by atoms with E-state index in [2.05, 4.69) is 0 Å². The highest BCUT2D eigenvalue weighted by Crippen LogP contribution is 2.30. The Balaban J connectivity index is 2.49. The molecule has 0 radical (unpaired) electrons. The Bertz CT molecular complexity index is 331. The van der Waals surface area contributed by atoms with Crippen molar-refractivity contribution in [3.63, 3.8) is 0 Å². The summed E-state index contributed by atoms with van der Waals surface area (Å²) in [4.78, 5) is 0. The summed E-state index contributed by atoms with van der Waals surface area (Å²) in [5, 5.41) is 0. The van der Waals surface area contributed by atoms with Gasteiger partial charge >= 0.3 is 0 Å². The van der Waals surface area contributed by atoms with Crippen molar-refractivity contribution < 1.29 is 9.13 Å². The third-order valence-electron chi connectivity index (χ3n) is 2.43. The van der Waals surface area contributed by atoms with Gasteiger partial charge in [-0.15, -0.1) is 0 Å². The molecule has 1 aromatic carbocycles. The molecule has 1 aliphatic heterocycles. The van der Waals surface area contributed by atoms with Crippen LogP contribution in [0.1, 0.15) is 30.9 Å². The minimum absolute atomic E-state index is 0.143. The third kappa shape index (κ3) is 1.41. The summed E-state index contributed by atoms with van der Waals surface area (Å²) in [5.41, 5.74) is 1.94. The molecule has 0 saturated heterocycles. The standard InChI is InChI=1S/C11H13FO/c1-7(2)9-5-8-3-4-13-11(8)6-10(9)12/h5-7H,3-4H2,1-2H3. The van der Waals surface area contributed by atoms with Gasteiger partial charge in [0.15, 0.2) is 0 Å². The average Bonchev–Trinajstić information content (AvgIpc) is 2.48. The average molecular weight is 180 g/mol. The van der Waals surface area contributed by atoms with E-state index < -0.39 is 0 Å². The van der Waals surface area contributed by atoms with Gasteiger partial charge in [-0.2, -0.15) is 0 Å². The number of hydrogen-bond donors (Lipinski definition) is 0. The highest BCUT2D eigenvalue weighted by Gasteiger charge is 2.17. The minimum atomic E-state index is -0.143. The molecule has 0 fully saturated rings. The normalized spacial score (nSPS) is 14.5. The van der Waals surface area contributed by atoms with Crippen molar-refractivity contribution in [1.29, 1.82) is 0 Å². The highest BCUT2D eigenvalue weighted by molar-refractivity contribution is 5.41. The summed E-state index contributed by atoms with van der Waals surface area (Å²) in [6.07, 6.45) is 0.912. The van der Waals surface area contributed by atoms with Crippen molar-refractivity contribution >= 4 is 0 Å². The molecule has 0 aliphatic carbocycles. The van der Waals surface area contributed by atoms with E-state index in [4.69, 9.17) is 4.74 Å². The molecule has 0 aromatic heterocycles. The molecule has 0 atom stereocenters. The van der Waals surface area contributed by atoms with E-state index in [-0.39, 0.29) is 11.7 Å². The van der Waals surface area contributed by atoms with Crippen LogP contribution < -0.4 is 4.74 Å². The molecule has 0 amide bonds. The zero-order chi connectivity index (χ0) is 9.42. The van der Waals surface area contributed by atoms with Crippen LogP contribution in [0.25, 0.3) is 0 Å². The Labute approximate surface area is 77.5 Å². The van der Waals surface area contributed by atoms with Crippen LogP contribution in [0.15, 0.2) is 12.1 Å². The lowest BCUT2D eigenvalue weighted by Crippen LogP contribution is -1.94. The predicted molar refractivity (Wildman–Crippen MR) is 49.7 cm³/mol. The van der Waals surface area contributed by atoms with E-state index in [0.29, 0.717) is 6.61 Å². The maximum Gasteiger partial charge on any atom is 0.130 e. The van der Waals surface area contributed by atoms with Gasteiger partial charge in [0.1, 0.15) is 11.6 Å². The first-order valence-corrected chi connectivity index (χ1v) is 4.63. The quantitative estimate of drug-likeness (QED) is 0.645. The fraction of sp³-hybridized carbons (Fsp3) is 0.455. The predicted octanol–water partition coefficient (Wildman–Crippen LogP) is 2.88. The summed E-state index contributed by atoms with van der Waals surface area (Å²) in [5.74, 6) is 0.823. The lowest BCUT2D eigenvalue weighted by molar-refractivity contribution is 0.355. The second-order valence-corrected chi connectivity index (χ2v) is 3.73. The minimum Gasteiger partial charge on any atom is -0.493 e. The van der Waals surface area contributed by atoms with Crippen LogP contribution in [0, 0.1) is 5.82 Å². The fourth-order valence-electron chi connectivity index (χ4n) is 1.66. The number of hydrogen-bond acceptors (Lipinski definition) is 1. The molecule has 0 bridgehead atoms. The van der Waals surface area contributed by atoms with Crippen LogP contribution in [0.4, 0.5) is 4.39 Å². The van der Waals surface area contributed by atoms with Crippen LogP contribution in [0.5, 0.6) is 5.75 Å². The smallest absolute Gasteiger partial charge is 0.130 e. The van der Waals surface area contributed by atoms with E-state index in [1.165, 1.54) is 6.07 Å². The largest absolute Gasteiger partial charge is 0.493 e. The summed E-state index contributed by atoms with van der Waals surface area (Å²) in [6.45, 7) is 4.69. The van der Waals surface area contributed by atoms with E-state index in [9.17, 15) is 4.39 Å². The van der Waals surface area contributed by atoms with Gasteiger partial charge < -0.3 is 4.74 Å². The van der Waals surface area contributed by atoms with Crippen LogP contribution >= 0.6 is 0 Å². The van der Waals surface area contributed by atoms with Crippen molar-refractivity contribution in [3.8, 4) is 5.75 Å². The maximum absolute atomic E-state index is 13.4. The Kier molecular flexibility index (Phi) is 1.98. The van der Waals surface area contributed by atoms with Crippen LogP contribution in [-0.4, -0.2) is 6.61 Å². The first-order valence-electron chi connectivity index (χ1n) is 4.63. The lowest BCUT2D eigenvalue weighted by atomic mass is 9.99. The van der Waals surface area contributed by atoms with Gasteiger partial charge in [0.25, 0.3) is 0 Å². The van der Waals surface area contributed by atoms with Gasteiger partial charge in [-0.25, -0.2) is 4.39 Å². The van der Waals surface area contributed by atoms with Gasteiger partial charge in [-0.05, 0) is 23.1 Å². The zero-order valence-electron chi connectivity index (χ0n) is 7.93. The van der Waals surface area contributed by atoms with Crippen molar-refractivity contribution in [2.24, 2.45) is 0 Å². The van der Waals surface area contributed by atoms with Gasteiger partial charge in [0.05, 0.1) is 6.61 Å². The molecule has 0 spiro atoms. The number of halogens is 1. The zero-order valence-corrected chi connectivity index (χ0v) is 7.93. The van der Waals surface area contributed by atoms with E-state index >= 15 is 0 Å². The number of ether oxygens (including phenoxy) is 1. The maximum atomic E-state index is 13.4. The molecular weight excluding hydrogens is 167 g/mol. The fourth-order valence-corrected chi connectivity index (χ4v) is 1.66. The number of benzene rings is 1. The van der Waals surface area contributed by atoms with Crippen molar-refractivity contribution in [3.05, 3.63) is 29.1 Å². The summed E-state index contributed by atoms with van der Waals surface area (Å²) in [7, 11) is 0. The van der Waals surface area contributed by atoms with Crippen molar-refractivity contribution in [1.82, 2.24) is 0 Å². The Morgan fingerprint density at radius 2 is 2.15 bits per heavy atom. The van der Waals surface area contributed by atoms with Crippen molar-refractivity contribution in [2.75, 3.05) is 6.61 Å². The monoisotopic (exact) mass is 180 g/mol. The lowest BCUT2D eigenvalue weighted by Gasteiger charge is -2.08. The SMILES string of the molecule is CC(C)c1cc2c(cc1F)OCC2. The van der Waals surface area contributed by atoms with Gasteiger partial charge in [-0.3, -0.25) is 0 Å². The second-order valence-electron chi connectivity index (χ2n) is 3.73. The summed E-state index contributed by atoms with van der Waals surface area (Å²) >= 11 is 0. The Morgan fingerprint density at radius 1 is 1.38 bits per heavy atom. The summed E-state index contributed by atoms with van der Waals surface area (Å²) in [6, 6.07) is 3.44. The van der Waals surface area contributed by atoms with Crippen LogP contribution in [-0.2, 0) is 6.42 Å². The molecule has 2 heteroatoms. The molecule has 1 nitrogen and oxygen atoms in total.